The van der Waals surface area contributed by atoms with Crippen molar-refractivity contribution < 1.29 is 19.0 Å². The van der Waals surface area contributed by atoms with E-state index in [1.165, 1.54) is 0 Å². The highest BCUT2D eigenvalue weighted by atomic mass is 16.6. The zero-order valence-electron chi connectivity index (χ0n) is 10.7. The summed E-state index contributed by atoms with van der Waals surface area (Å²) in [6.07, 6.45) is 2.27. The van der Waals surface area contributed by atoms with E-state index < -0.39 is 0 Å². The molecule has 0 radical (unpaired) electrons. The second-order valence-electron chi connectivity index (χ2n) is 5.65. The molecule has 1 aliphatic carbocycles. The molecule has 0 aromatic heterocycles. The van der Waals surface area contributed by atoms with Crippen LogP contribution in [0.3, 0.4) is 0 Å². The number of rotatable bonds is 3. The number of ether oxygens (including phenoxy) is 3. The van der Waals surface area contributed by atoms with Gasteiger partial charge in [0.1, 0.15) is 17.3 Å². The van der Waals surface area contributed by atoms with Crippen LogP contribution in [0, 0.1) is 5.92 Å². The van der Waals surface area contributed by atoms with Crippen molar-refractivity contribution >= 4 is 5.78 Å². The first-order valence-corrected chi connectivity index (χ1v) is 6.44. The van der Waals surface area contributed by atoms with Crippen LogP contribution in [-0.4, -0.2) is 42.9 Å². The minimum atomic E-state index is -0.354. The van der Waals surface area contributed by atoms with Crippen molar-refractivity contribution in [3.05, 3.63) is 0 Å². The van der Waals surface area contributed by atoms with Crippen LogP contribution in [0.4, 0.5) is 0 Å². The van der Waals surface area contributed by atoms with Crippen molar-refractivity contribution in [1.82, 2.24) is 0 Å². The fraction of sp³-hybridized carbons (Fsp3) is 0.923. The summed E-state index contributed by atoms with van der Waals surface area (Å²) in [5.41, 5.74) is -0.380. The first-order chi connectivity index (χ1) is 8.07. The molecule has 3 rings (SSSR count). The first-order valence-electron chi connectivity index (χ1n) is 6.44. The number of methoxy groups -OCH3 is 1. The van der Waals surface area contributed by atoms with Crippen LogP contribution >= 0.6 is 0 Å². The lowest BCUT2D eigenvalue weighted by atomic mass is 9.69. The van der Waals surface area contributed by atoms with Crippen LogP contribution in [0.5, 0.6) is 0 Å². The lowest BCUT2D eigenvalue weighted by molar-refractivity contribution is -0.142. The van der Waals surface area contributed by atoms with Crippen LogP contribution in [0.1, 0.15) is 33.1 Å². The van der Waals surface area contributed by atoms with E-state index in [4.69, 9.17) is 14.2 Å². The number of carbonyl (C=O) groups is 1. The molecular weight excluding hydrogens is 220 g/mol. The summed E-state index contributed by atoms with van der Waals surface area (Å²) in [5.74, 6) is 0.261. The third kappa shape index (κ3) is 1.51. The average Bonchev–Trinajstić information content (AvgIpc) is 3.21. The maximum absolute atomic E-state index is 12.0. The average molecular weight is 240 g/mol. The van der Waals surface area contributed by atoms with Crippen LogP contribution < -0.4 is 0 Å². The van der Waals surface area contributed by atoms with Gasteiger partial charge in [-0.05, 0) is 19.8 Å². The Balaban J connectivity index is 1.90. The second-order valence-corrected chi connectivity index (χ2v) is 5.65. The molecule has 4 nitrogen and oxygen atoms in total. The third-order valence-corrected chi connectivity index (χ3v) is 4.72. The number of hydrogen-bond donors (Lipinski definition) is 0. The molecule has 0 amide bonds. The van der Waals surface area contributed by atoms with E-state index in [9.17, 15) is 4.79 Å². The van der Waals surface area contributed by atoms with Gasteiger partial charge in [-0.2, -0.15) is 0 Å². The lowest BCUT2D eigenvalue weighted by Gasteiger charge is -2.37. The van der Waals surface area contributed by atoms with Crippen molar-refractivity contribution in [3.8, 4) is 0 Å². The van der Waals surface area contributed by atoms with Crippen molar-refractivity contribution in [2.45, 2.75) is 56.5 Å². The first kappa shape index (κ1) is 11.6. The molecule has 1 saturated carbocycles. The van der Waals surface area contributed by atoms with Crippen molar-refractivity contribution in [2.75, 3.05) is 13.7 Å². The molecule has 5 atom stereocenters. The molecule has 17 heavy (non-hydrogen) atoms. The summed E-state index contributed by atoms with van der Waals surface area (Å²) in [6, 6.07) is 0. The maximum atomic E-state index is 12.0. The summed E-state index contributed by atoms with van der Waals surface area (Å²) in [6.45, 7) is 4.96. The Kier molecular flexibility index (Phi) is 2.41. The van der Waals surface area contributed by atoms with Gasteiger partial charge in [-0.3, -0.25) is 4.79 Å². The molecule has 3 aliphatic rings. The van der Waals surface area contributed by atoms with Gasteiger partial charge in [0.15, 0.2) is 5.78 Å². The fourth-order valence-corrected chi connectivity index (χ4v) is 3.64. The molecule has 4 heteroatoms. The number of Topliss-reactive ketones (excluding diaryl/α,β-unsaturated/α-hetero) is 1. The van der Waals surface area contributed by atoms with E-state index in [1.54, 1.807) is 7.11 Å². The highest BCUT2D eigenvalue weighted by Gasteiger charge is 2.71. The lowest BCUT2D eigenvalue weighted by Crippen LogP contribution is -2.52. The second kappa shape index (κ2) is 3.53. The molecular formula is C13H20O4. The Bertz CT molecular complexity index is 349. The summed E-state index contributed by atoms with van der Waals surface area (Å²) in [4.78, 5) is 12.0. The van der Waals surface area contributed by atoms with Crippen molar-refractivity contribution in [2.24, 2.45) is 5.92 Å². The number of epoxide rings is 2. The van der Waals surface area contributed by atoms with Gasteiger partial charge in [-0.25, -0.2) is 0 Å². The smallest absolute Gasteiger partial charge is 0.162 e. The Hall–Kier alpha value is -0.450. The SMILES string of the molecule is CCC1OC1(C)C1C(OC)C(=O)CCC12CO2. The monoisotopic (exact) mass is 240 g/mol. The molecule has 5 unspecified atom stereocenters. The van der Waals surface area contributed by atoms with E-state index in [1.807, 2.05) is 0 Å². The predicted octanol–water partition coefficient (Wildman–Crippen LogP) is 1.32. The van der Waals surface area contributed by atoms with Gasteiger partial charge >= 0.3 is 0 Å². The highest BCUT2D eigenvalue weighted by molar-refractivity contribution is 5.85. The predicted molar refractivity (Wildman–Crippen MR) is 60.8 cm³/mol. The van der Waals surface area contributed by atoms with Gasteiger partial charge in [0, 0.05) is 13.5 Å². The summed E-state index contributed by atoms with van der Waals surface area (Å²) in [5, 5.41) is 0. The molecule has 2 heterocycles. The standard InChI is InChI=1S/C13H20O4/c1-4-9-12(2,17-9)11-10(15-3)8(14)5-6-13(11)7-16-13/h9-11H,4-7H2,1-3H3. The largest absolute Gasteiger partial charge is 0.373 e. The van der Waals surface area contributed by atoms with E-state index in [-0.39, 0.29) is 35.1 Å². The zero-order valence-corrected chi connectivity index (χ0v) is 10.7. The van der Waals surface area contributed by atoms with Gasteiger partial charge < -0.3 is 14.2 Å². The minimum absolute atomic E-state index is 0.0613. The van der Waals surface area contributed by atoms with E-state index >= 15 is 0 Å². The number of hydrogen-bond acceptors (Lipinski definition) is 4. The zero-order chi connectivity index (χ0) is 12.3. The van der Waals surface area contributed by atoms with E-state index in [0.29, 0.717) is 6.42 Å². The van der Waals surface area contributed by atoms with E-state index in [0.717, 1.165) is 19.4 Å². The van der Waals surface area contributed by atoms with Crippen LogP contribution in [0.2, 0.25) is 0 Å². The fourth-order valence-electron chi connectivity index (χ4n) is 3.64. The number of carbonyl (C=O) groups excluding carboxylic acids is 1. The van der Waals surface area contributed by atoms with Gasteiger partial charge in [-0.15, -0.1) is 0 Å². The molecule has 0 bridgehead atoms. The Morgan fingerprint density at radius 1 is 1.53 bits per heavy atom. The molecule has 3 fully saturated rings. The van der Waals surface area contributed by atoms with Gasteiger partial charge in [0.2, 0.25) is 0 Å². The molecule has 1 spiro atoms. The Morgan fingerprint density at radius 3 is 2.71 bits per heavy atom. The summed E-state index contributed by atoms with van der Waals surface area (Å²) < 4.78 is 17.0. The summed E-state index contributed by atoms with van der Waals surface area (Å²) in [7, 11) is 1.61. The molecule has 0 aromatic rings. The van der Waals surface area contributed by atoms with E-state index in [2.05, 4.69) is 13.8 Å². The third-order valence-electron chi connectivity index (χ3n) is 4.72. The quantitative estimate of drug-likeness (QED) is 0.698. The molecule has 0 aromatic carbocycles. The molecule has 2 saturated heterocycles. The van der Waals surface area contributed by atoms with Gasteiger partial charge in [0.05, 0.1) is 18.6 Å². The Morgan fingerprint density at radius 2 is 2.24 bits per heavy atom. The van der Waals surface area contributed by atoms with Gasteiger partial charge in [0.25, 0.3) is 0 Å². The van der Waals surface area contributed by atoms with Crippen LogP contribution in [0.15, 0.2) is 0 Å². The molecule has 0 N–H and O–H groups in total. The normalized spacial score (nSPS) is 52.9. The van der Waals surface area contributed by atoms with Crippen molar-refractivity contribution in [3.63, 3.8) is 0 Å². The number of ketones is 1. The summed E-state index contributed by atoms with van der Waals surface area (Å²) >= 11 is 0. The van der Waals surface area contributed by atoms with Crippen molar-refractivity contribution in [1.29, 1.82) is 0 Å². The maximum Gasteiger partial charge on any atom is 0.162 e. The minimum Gasteiger partial charge on any atom is -0.373 e. The topological polar surface area (TPSA) is 51.4 Å². The van der Waals surface area contributed by atoms with Gasteiger partial charge in [-0.1, -0.05) is 6.92 Å². The highest BCUT2D eigenvalue weighted by Crippen LogP contribution is 2.58. The van der Waals surface area contributed by atoms with Crippen LogP contribution in [-0.2, 0) is 19.0 Å². The van der Waals surface area contributed by atoms with Crippen LogP contribution in [0.25, 0.3) is 0 Å². The molecule has 96 valence electrons. The molecule has 2 aliphatic heterocycles. The Labute approximate surface area is 102 Å².